The van der Waals surface area contributed by atoms with Gasteiger partial charge in [-0.05, 0) is 36.4 Å². The third-order valence-corrected chi connectivity index (χ3v) is 3.81. The monoisotopic (exact) mass is 408 g/mol. The lowest BCUT2D eigenvalue weighted by molar-refractivity contribution is -0.115. The van der Waals surface area contributed by atoms with E-state index in [1.165, 1.54) is 6.07 Å². The number of halogens is 3. The zero-order valence-electron chi connectivity index (χ0n) is 12.6. The number of hydrogen-bond donors (Lipinski definition) is 2. The smallest absolute Gasteiger partial charge is 0.287 e. The van der Waals surface area contributed by atoms with Crippen molar-refractivity contribution in [3.8, 4) is 0 Å². The van der Waals surface area contributed by atoms with Crippen molar-refractivity contribution in [3.05, 3.63) is 64.3 Å². The molecule has 3 aromatic rings. The van der Waals surface area contributed by atoms with Crippen LogP contribution in [0.1, 0.15) is 10.6 Å². The van der Waals surface area contributed by atoms with Gasteiger partial charge in [-0.25, -0.2) is 8.78 Å². The quantitative estimate of drug-likeness (QED) is 0.688. The predicted molar refractivity (Wildman–Crippen MR) is 91.2 cm³/mol. The van der Waals surface area contributed by atoms with Gasteiger partial charge >= 0.3 is 0 Å². The van der Waals surface area contributed by atoms with Crippen LogP contribution >= 0.6 is 15.9 Å². The first-order valence-electron chi connectivity index (χ1n) is 7.14. The van der Waals surface area contributed by atoms with Gasteiger partial charge in [-0.1, -0.05) is 15.9 Å². The van der Waals surface area contributed by atoms with E-state index in [2.05, 4.69) is 26.6 Å². The number of furan rings is 1. The van der Waals surface area contributed by atoms with Crippen LogP contribution in [0.15, 0.2) is 51.4 Å². The number of anilines is 1. The summed E-state index contributed by atoms with van der Waals surface area (Å²) in [4.78, 5) is 23.8. The molecule has 0 fully saturated rings. The van der Waals surface area contributed by atoms with Crippen molar-refractivity contribution in [2.75, 3.05) is 11.9 Å². The van der Waals surface area contributed by atoms with Crippen LogP contribution in [0, 0.1) is 11.6 Å². The maximum absolute atomic E-state index is 13.1. The number of rotatable bonds is 4. The Labute approximate surface area is 149 Å². The van der Waals surface area contributed by atoms with Crippen molar-refractivity contribution in [1.29, 1.82) is 0 Å². The summed E-state index contributed by atoms with van der Waals surface area (Å²) in [5, 5.41) is 5.49. The fraction of sp³-hybridized carbons (Fsp3) is 0.0588. The third-order valence-electron chi connectivity index (χ3n) is 3.31. The van der Waals surface area contributed by atoms with Crippen LogP contribution in [0.4, 0.5) is 14.5 Å². The zero-order chi connectivity index (χ0) is 18.0. The maximum atomic E-state index is 13.1. The molecule has 128 valence electrons. The van der Waals surface area contributed by atoms with Gasteiger partial charge in [0.05, 0.1) is 6.54 Å². The molecule has 8 heteroatoms. The van der Waals surface area contributed by atoms with Gasteiger partial charge in [-0.2, -0.15) is 0 Å². The summed E-state index contributed by atoms with van der Waals surface area (Å²) in [6, 6.07) is 9.82. The van der Waals surface area contributed by atoms with Crippen LogP contribution in [0.5, 0.6) is 0 Å². The van der Waals surface area contributed by atoms with E-state index in [-0.39, 0.29) is 18.0 Å². The molecule has 0 saturated carbocycles. The Morgan fingerprint density at radius 3 is 2.60 bits per heavy atom. The molecular weight excluding hydrogens is 398 g/mol. The minimum Gasteiger partial charge on any atom is -0.451 e. The van der Waals surface area contributed by atoms with Crippen molar-refractivity contribution in [2.24, 2.45) is 0 Å². The molecule has 0 aliphatic carbocycles. The number of benzene rings is 2. The summed E-state index contributed by atoms with van der Waals surface area (Å²) in [6.07, 6.45) is 0. The standard InChI is InChI=1S/C17H11BrF2N2O3/c18-10-1-4-14-9(5-10)6-15(25-14)17(24)21-8-16(23)22-11-2-3-12(19)13(20)7-11/h1-7H,8H2,(H,21,24)(H,22,23). The average Bonchev–Trinajstić information content (AvgIpc) is 2.99. The molecule has 1 heterocycles. The fourth-order valence-electron chi connectivity index (χ4n) is 2.15. The van der Waals surface area contributed by atoms with Gasteiger partial charge in [0.1, 0.15) is 5.58 Å². The van der Waals surface area contributed by atoms with Gasteiger partial charge in [0.15, 0.2) is 17.4 Å². The summed E-state index contributed by atoms with van der Waals surface area (Å²) in [5.41, 5.74) is 0.631. The van der Waals surface area contributed by atoms with Gasteiger partial charge in [0.25, 0.3) is 5.91 Å². The Hall–Kier alpha value is -2.74. The second-order valence-electron chi connectivity index (χ2n) is 5.15. The number of carbonyl (C=O) groups is 2. The predicted octanol–water partition coefficient (Wildman–Crippen LogP) is 3.84. The molecule has 0 atom stereocenters. The molecule has 5 nitrogen and oxygen atoms in total. The van der Waals surface area contributed by atoms with Crippen LogP contribution in [0.25, 0.3) is 11.0 Å². The van der Waals surface area contributed by atoms with Gasteiger partial charge in [-0.3, -0.25) is 9.59 Å². The second kappa shape index (κ2) is 7.02. The van der Waals surface area contributed by atoms with E-state index >= 15 is 0 Å². The molecular formula is C17H11BrF2N2O3. The highest BCUT2D eigenvalue weighted by Crippen LogP contribution is 2.23. The molecule has 0 bridgehead atoms. The molecule has 0 spiro atoms. The summed E-state index contributed by atoms with van der Waals surface area (Å²) in [7, 11) is 0. The summed E-state index contributed by atoms with van der Waals surface area (Å²) < 4.78 is 32.2. The maximum Gasteiger partial charge on any atom is 0.287 e. The Morgan fingerprint density at radius 1 is 1.04 bits per heavy atom. The molecule has 2 N–H and O–H groups in total. The number of carbonyl (C=O) groups excluding carboxylic acids is 2. The molecule has 25 heavy (non-hydrogen) atoms. The van der Waals surface area contributed by atoms with Gasteiger partial charge in [0.2, 0.25) is 5.91 Å². The Balaban J connectivity index is 1.60. The van der Waals surface area contributed by atoms with Crippen molar-refractivity contribution in [1.82, 2.24) is 5.32 Å². The molecule has 0 aliphatic rings. The van der Waals surface area contributed by atoms with Gasteiger partial charge in [0, 0.05) is 21.6 Å². The van der Waals surface area contributed by atoms with E-state index in [9.17, 15) is 18.4 Å². The van der Waals surface area contributed by atoms with Crippen LogP contribution in [-0.2, 0) is 4.79 Å². The zero-order valence-corrected chi connectivity index (χ0v) is 14.2. The lowest BCUT2D eigenvalue weighted by Gasteiger charge is -2.06. The van der Waals surface area contributed by atoms with E-state index in [4.69, 9.17) is 4.42 Å². The summed E-state index contributed by atoms with van der Waals surface area (Å²) >= 11 is 3.32. The highest BCUT2D eigenvalue weighted by atomic mass is 79.9. The molecule has 0 aliphatic heterocycles. The SMILES string of the molecule is O=C(CNC(=O)c1cc2cc(Br)ccc2o1)Nc1ccc(F)c(F)c1. The average molecular weight is 409 g/mol. The Bertz CT molecular complexity index is 972. The molecule has 0 saturated heterocycles. The van der Waals surface area contributed by atoms with Crippen molar-refractivity contribution in [3.63, 3.8) is 0 Å². The Morgan fingerprint density at radius 2 is 1.84 bits per heavy atom. The van der Waals surface area contributed by atoms with E-state index in [1.54, 1.807) is 24.3 Å². The third kappa shape index (κ3) is 4.03. The van der Waals surface area contributed by atoms with Crippen molar-refractivity contribution < 1.29 is 22.8 Å². The molecule has 0 unspecified atom stereocenters. The minimum atomic E-state index is -1.07. The lowest BCUT2D eigenvalue weighted by atomic mass is 10.2. The van der Waals surface area contributed by atoms with Gasteiger partial charge in [-0.15, -0.1) is 0 Å². The number of fused-ring (bicyclic) bond motifs is 1. The molecule has 2 aromatic carbocycles. The highest BCUT2D eigenvalue weighted by Gasteiger charge is 2.14. The molecule has 1 aromatic heterocycles. The molecule has 2 amide bonds. The van der Waals surface area contributed by atoms with E-state index in [0.717, 1.165) is 22.0 Å². The number of nitrogens with one attached hydrogen (secondary N) is 2. The van der Waals surface area contributed by atoms with E-state index in [1.807, 2.05) is 0 Å². The first kappa shape index (κ1) is 17.1. The lowest BCUT2D eigenvalue weighted by Crippen LogP contribution is -2.32. The fourth-order valence-corrected chi connectivity index (χ4v) is 2.53. The first-order valence-corrected chi connectivity index (χ1v) is 7.94. The number of hydrogen-bond acceptors (Lipinski definition) is 3. The highest BCUT2D eigenvalue weighted by molar-refractivity contribution is 9.10. The first-order chi connectivity index (χ1) is 11.9. The van der Waals surface area contributed by atoms with E-state index < -0.39 is 23.4 Å². The van der Waals surface area contributed by atoms with Crippen molar-refractivity contribution in [2.45, 2.75) is 0 Å². The summed E-state index contributed by atoms with van der Waals surface area (Å²) in [5.74, 6) is -3.17. The molecule has 0 radical (unpaired) electrons. The number of amides is 2. The summed E-state index contributed by atoms with van der Waals surface area (Å²) in [6.45, 7) is -0.349. The largest absolute Gasteiger partial charge is 0.451 e. The van der Waals surface area contributed by atoms with Gasteiger partial charge < -0.3 is 15.1 Å². The van der Waals surface area contributed by atoms with Crippen LogP contribution in [-0.4, -0.2) is 18.4 Å². The van der Waals surface area contributed by atoms with Crippen LogP contribution in [0.3, 0.4) is 0 Å². The van der Waals surface area contributed by atoms with Crippen LogP contribution < -0.4 is 10.6 Å². The Kier molecular flexibility index (Phi) is 4.80. The van der Waals surface area contributed by atoms with E-state index in [0.29, 0.717) is 5.58 Å². The van der Waals surface area contributed by atoms with Crippen LogP contribution in [0.2, 0.25) is 0 Å². The molecule has 3 rings (SSSR count). The topological polar surface area (TPSA) is 71.3 Å². The second-order valence-corrected chi connectivity index (χ2v) is 6.07. The van der Waals surface area contributed by atoms with Crippen molar-refractivity contribution >= 4 is 44.4 Å². The normalized spacial score (nSPS) is 10.7. The minimum absolute atomic E-state index is 0.0636.